The van der Waals surface area contributed by atoms with Crippen molar-refractivity contribution in [1.82, 2.24) is 9.97 Å². The molecule has 0 spiro atoms. The zero-order chi connectivity index (χ0) is 24.0. The molecule has 1 heterocycles. The van der Waals surface area contributed by atoms with E-state index in [2.05, 4.69) is 39.7 Å². The van der Waals surface area contributed by atoms with Crippen molar-refractivity contribution in [1.29, 1.82) is 0 Å². The molecule has 2 aromatic carbocycles. The molecule has 0 unspecified atom stereocenters. The van der Waals surface area contributed by atoms with Gasteiger partial charge in [-0.3, -0.25) is 0 Å². The minimum absolute atomic E-state index is 0.111. The summed E-state index contributed by atoms with van der Waals surface area (Å²) < 4.78 is 40.8. The maximum absolute atomic E-state index is 13.6. The molecule has 7 heteroatoms. The van der Waals surface area contributed by atoms with Gasteiger partial charge in [-0.2, -0.15) is 18.2 Å². The smallest absolute Gasteiger partial charge is 0.340 e. The molecule has 1 saturated carbocycles. The van der Waals surface area contributed by atoms with Gasteiger partial charge in [0, 0.05) is 17.6 Å². The van der Waals surface area contributed by atoms with Crippen LogP contribution in [-0.4, -0.2) is 9.97 Å². The number of rotatable bonds is 9. The van der Waals surface area contributed by atoms with E-state index in [9.17, 15) is 13.2 Å². The molecule has 0 bridgehead atoms. The number of benzene rings is 2. The Morgan fingerprint density at radius 3 is 2.18 bits per heavy atom. The Kier molecular flexibility index (Phi) is 7.70. The number of nitrogens with one attached hydrogen (secondary N) is 2. The van der Waals surface area contributed by atoms with E-state index in [4.69, 9.17) is 0 Å². The van der Waals surface area contributed by atoms with Crippen LogP contribution in [0.4, 0.5) is 36.3 Å². The quantitative estimate of drug-likeness (QED) is 0.310. The Morgan fingerprint density at radius 1 is 0.882 bits per heavy atom. The third-order valence-corrected chi connectivity index (χ3v) is 6.37. The van der Waals surface area contributed by atoms with Crippen molar-refractivity contribution in [3.05, 3.63) is 71.4 Å². The number of aryl methyl sites for hydroxylation is 1. The molecule has 1 aliphatic rings. The lowest BCUT2D eigenvalue weighted by atomic mass is 9.98. The van der Waals surface area contributed by atoms with E-state index >= 15 is 0 Å². The topological polar surface area (TPSA) is 49.8 Å². The van der Waals surface area contributed by atoms with Crippen molar-refractivity contribution in [2.75, 3.05) is 10.6 Å². The lowest BCUT2D eigenvalue weighted by Gasteiger charge is -2.15. The molecular weight excluding hydrogens is 437 g/mol. The van der Waals surface area contributed by atoms with E-state index in [1.54, 1.807) is 12.1 Å². The highest BCUT2D eigenvalue weighted by atomic mass is 19.4. The predicted octanol–water partition coefficient (Wildman–Crippen LogP) is 8.37. The Balaban J connectivity index is 1.49. The normalized spacial score (nSPS) is 14.4. The van der Waals surface area contributed by atoms with Gasteiger partial charge in [-0.25, -0.2) is 4.98 Å². The van der Waals surface area contributed by atoms with Crippen LogP contribution in [-0.2, 0) is 12.6 Å². The molecule has 0 radical (unpaired) electrons. The summed E-state index contributed by atoms with van der Waals surface area (Å²) in [6.07, 6.45) is 5.58. The monoisotopic (exact) mass is 468 g/mol. The van der Waals surface area contributed by atoms with Crippen LogP contribution < -0.4 is 10.6 Å². The SMILES string of the molecule is CCCCCc1ccc(Nc2nc(Nc3ccc(C4CCCC4)cc3)ncc2C(F)(F)F)cc1. The molecule has 2 N–H and O–H groups in total. The maximum Gasteiger partial charge on any atom is 0.421 e. The first-order valence-electron chi connectivity index (χ1n) is 12.1. The lowest BCUT2D eigenvalue weighted by molar-refractivity contribution is -0.137. The number of anilines is 4. The Labute approximate surface area is 199 Å². The molecule has 0 saturated heterocycles. The summed E-state index contributed by atoms with van der Waals surface area (Å²) >= 11 is 0. The van der Waals surface area contributed by atoms with Gasteiger partial charge in [-0.1, -0.05) is 56.9 Å². The highest BCUT2D eigenvalue weighted by molar-refractivity contribution is 5.63. The van der Waals surface area contributed by atoms with E-state index in [0.29, 0.717) is 11.6 Å². The number of nitrogens with zero attached hydrogens (tertiary/aromatic N) is 2. The minimum Gasteiger partial charge on any atom is -0.340 e. The molecule has 34 heavy (non-hydrogen) atoms. The maximum atomic E-state index is 13.6. The highest BCUT2D eigenvalue weighted by Crippen LogP contribution is 2.36. The molecule has 0 amide bonds. The average molecular weight is 469 g/mol. The standard InChI is InChI=1S/C27H31F3N4/c1-2-3-4-7-19-10-14-22(15-11-19)32-25-24(27(28,29)30)18-31-26(34-25)33-23-16-12-21(13-17-23)20-8-5-6-9-20/h10-18,20H,2-9H2,1H3,(H2,31,32,33,34). The Bertz CT molecular complexity index is 1060. The molecule has 0 atom stereocenters. The Morgan fingerprint density at radius 2 is 1.53 bits per heavy atom. The first kappa shape index (κ1) is 24.0. The van der Waals surface area contributed by atoms with E-state index < -0.39 is 11.7 Å². The van der Waals surface area contributed by atoms with Crippen molar-refractivity contribution in [3.63, 3.8) is 0 Å². The van der Waals surface area contributed by atoms with Crippen LogP contribution in [0.25, 0.3) is 0 Å². The van der Waals surface area contributed by atoms with Gasteiger partial charge in [0.05, 0.1) is 0 Å². The summed E-state index contributed by atoms with van der Waals surface area (Å²) in [6, 6.07) is 15.5. The first-order valence-corrected chi connectivity index (χ1v) is 12.1. The van der Waals surface area contributed by atoms with Crippen LogP contribution in [0.1, 0.15) is 74.5 Å². The van der Waals surface area contributed by atoms with E-state index in [-0.39, 0.29) is 11.8 Å². The largest absolute Gasteiger partial charge is 0.421 e. The van der Waals surface area contributed by atoms with Gasteiger partial charge in [0.2, 0.25) is 5.95 Å². The van der Waals surface area contributed by atoms with Gasteiger partial charge in [0.15, 0.2) is 0 Å². The number of hydrogen-bond donors (Lipinski definition) is 2. The fraction of sp³-hybridized carbons (Fsp3) is 0.407. The third-order valence-electron chi connectivity index (χ3n) is 6.37. The highest BCUT2D eigenvalue weighted by Gasteiger charge is 2.35. The molecule has 0 aliphatic heterocycles. The molecule has 4 rings (SSSR count). The molecule has 4 nitrogen and oxygen atoms in total. The second-order valence-corrected chi connectivity index (χ2v) is 8.96. The fourth-order valence-corrected chi connectivity index (χ4v) is 4.44. The van der Waals surface area contributed by atoms with Gasteiger partial charge in [-0.15, -0.1) is 0 Å². The van der Waals surface area contributed by atoms with Gasteiger partial charge in [0.1, 0.15) is 11.4 Å². The van der Waals surface area contributed by atoms with Crippen molar-refractivity contribution < 1.29 is 13.2 Å². The fourth-order valence-electron chi connectivity index (χ4n) is 4.44. The number of hydrogen-bond acceptors (Lipinski definition) is 4. The molecule has 1 fully saturated rings. The molecular formula is C27H31F3N4. The van der Waals surface area contributed by atoms with Crippen LogP contribution in [0.2, 0.25) is 0 Å². The van der Waals surface area contributed by atoms with E-state index in [1.165, 1.54) is 36.8 Å². The van der Waals surface area contributed by atoms with Gasteiger partial charge >= 0.3 is 6.18 Å². The van der Waals surface area contributed by atoms with E-state index in [1.807, 2.05) is 24.3 Å². The zero-order valence-corrected chi connectivity index (χ0v) is 19.5. The van der Waals surface area contributed by atoms with Crippen LogP contribution in [0.15, 0.2) is 54.7 Å². The molecule has 1 aliphatic carbocycles. The van der Waals surface area contributed by atoms with Crippen molar-refractivity contribution >= 4 is 23.1 Å². The van der Waals surface area contributed by atoms with Gasteiger partial charge in [-0.05, 0) is 67.0 Å². The zero-order valence-electron chi connectivity index (χ0n) is 19.5. The molecule has 3 aromatic rings. The minimum atomic E-state index is -4.57. The third kappa shape index (κ3) is 6.27. The summed E-state index contributed by atoms with van der Waals surface area (Å²) in [5.74, 6) is 0.441. The summed E-state index contributed by atoms with van der Waals surface area (Å²) in [5.41, 5.74) is 2.86. The second kappa shape index (κ2) is 10.9. The lowest BCUT2D eigenvalue weighted by Crippen LogP contribution is -2.12. The van der Waals surface area contributed by atoms with Crippen LogP contribution >= 0.6 is 0 Å². The second-order valence-electron chi connectivity index (χ2n) is 8.96. The summed E-state index contributed by atoms with van der Waals surface area (Å²) in [6.45, 7) is 2.15. The van der Waals surface area contributed by atoms with Crippen molar-refractivity contribution in [2.45, 2.75) is 70.4 Å². The van der Waals surface area contributed by atoms with Crippen LogP contribution in [0.3, 0.4) is 0 Å². The van der Waals surface area contributed by atoms with Crippen LogP contribution in [0.5, 0.6) is 0 Å². The van der Waals surface area contributed by atoms with Crippen molar-refractivity contribution in [3.8, 4) is 0 Å². The van der Waals surface area contributed by atoms with E-state index in [0.717, 1.165) is 37.6 Å². The first-order chi connectivity index (χ1) is 16.4. The molecule has 180 valence electrons. The predicted molar refractivity (Wildman–Crippen MR) is 131 cm³/mol. The summed E-state index contributed by atoms with van der Waals surface area (Å²) in [5, 5.41) is 5.87. The van der Waals surface area contributed by atoms with Gasteiger partial charge in [0.25, 0.3) is 0 Å². The molecule has 1 aromatic heterocycles. The summed E-state index contributed by atoms with van der Waals surface area (Å²) in [7, 11) is 0. The Hall–Kier alpha value is -3.09. The van der Waals surface area contributed by atoms with Crippen molar-refractivity contribution in [2.24, 2.45) is 0 Å². The average Bonchev–Trinajstić information content (AvgIpc) is 3.35. The summed E-state index contributed by atoms with van der Waals surface area (Å²) in [4.78, 5) is 8.08. The van der Waals surface area contributed by atoms with Gasteiger partial charge < -0.3 is 10.6 Å². The number of unbranched alkanes of at least 4 members (excludes halogenated alkanes) is 2. The number of halogens is 3. The number of aromatic nitrogens is 2. The van der Waals surface area contributed by atoms with Crippen LogP contribution in [0, 0.1) is 0 Å². The number of alkyl halides is 3.